The molecule has 0 aromatic heterocycles. The fraction of sp³-hybridized carbons (Fsp3) is 0.312. The maximum Gasteiger partial charge on any atom is 0.357 e. The molecule has 0 unspecified atom stereocenters. The molecule has 0 aliphatic carbocycles. The van der Waals surface area contributed by atoms with Gasteiger partial charge in [0.2, 0.25) is 0 Å². The van der Waals surface area contributed by atoms with Crippen molar-refractivity contribution < 1.29 is 19.2 Å². The maximum absolute atomic E-state index is 12.1. The quantitative estimate of drug-likeness (QED) is 0.794. The van der Waals surface area contributed by atoms with Crippen molar-refractivity contribution in [3.63, 3.8) is 0 Å². The summed E-state index contributed by atoms with van der Waals surface area (Å²) in [6, 6.07) is 6.24. The van der Waals surface area contributed by atoms with Gasteiger partial charge in [0.25, 0.3) is 11.8 Å². The summed E-state index contributed by atoms with van der Waals surface area (Å²) in [5.74, 6) is -1.19. The third-order valence-corrected chi connectivity index (χ3v) is 3.70. The highest BCUT2D eigenvalue weighted by atomic mass is 16.7. The molecule has 1 aromatic rings. The van der Waals surface area contributed by atoms with E-state index in [2.05, 4.69) is 0 Å². The first kappa shape index (κ1) is 14.5. The smallest absolute Gasteiger partial charge is 0.357 e. The Bertz CT molecular complexity index is 612. The van der Waals surface area contributed by atoms with Crippen LogP contribution in [0.4, 0.5) is 5.69 Å². The topological polar surface area (TPSA) is 66.9 Å². The van der Waals surface area contributed by atoms with Crippen molar-refractivity contribution >= 4 is 23.5 Å². The van der Waals surface area contributed by atoms with E-state index in [1.807, 2.05) is 0 Å². The molecule has 0 saturated carbocycles. The summed E-state index contributed by atoms with van der Waals surface area (Å²) in [4.78, 5) is 41.6. The number of benzene rings is 1. The molecule has 0 spiro atoms. The van der Waals surface area contributed by atoms with E-state index in [1.165, 1.54) is 12.2 Å². The van der Waals surface area contributed by atoms with Gasteiger partial charge in [0, 0.05) is 25.2 Å². The number of nitrogens with zero attached hydrogens (tertiary/aromatic N) is 2. The Labute approximate surface area is 127 Å². The minimum absolute atomic E-state index is 0.381. The Morgan fingerprint density at radius 1 is 0.909 bits per heavy atom. The van der Waals surface area contributed by atoms with Crippen LogP contribution in [0, 0.1) is 0 Å². The molecule has 6 heteroatoms. The van der Waals surface area contributed by atoms with Crippen molar-refractivity contribution in [1.29, 1.82) is 0 Å². The molecule has 1 aromatic carbocycles. The number of rotatable bonds is 3. The summed E-state index contributed by atoms with van der Waals surface area (Å²) >= 11 is 0. The minimum Gasteiger partial charge on any atom is -0.364 e. The van der Waals surface area contributed by atoms with Crippen LogP contribution in [0.1, 0.15) is 29.6 Å². The van der Waals surface area contributed by atoms with E-state index < -0.39 is 5.97 Å². The zero-order valence-corrected chi connectivity index (χ0v) is 12.0. The number of hydrogen-bond acceptors (Lipinski definition) is 5. The van der Waals surface area contributed by atoms with E-state index in [-0.39, 0.29) is 11.8 Å². The van der Waals surface area contributed by atoms with E-state index in [9.17, 15) is 14.4 Å². The van der Waals surface area contributed by atoms with Gasteiger partial charge < -0.3 is 4.84 Å². The van der Waals surface area contributed by atoms with Gasteiger partial charge in [-0.1, -0.05) is 6.42 Å². The highest BCUT2D eigenvalue weighted by Gasteiger charge is 2.25. The van der Waals surface area contributed by atoms with Gasteiger partial charge >= 0.3 is 5.97 Å². The molecule has 3 rings (SSSR count). The van der Waals surface area contributed by atoms with Crippen LogP contribution in [0.2, 0.25) is 0 Å². The molecular formula is C16H16N2O4. The molecule has 114 valence electrons. The summed E-state index contributed by atoms with van der Waals surface area (Å²) < 4.78 is 0. The largest absolute Gasteiger partial charge is 0.364 e. The zero-order valence-electron chi connectivity index (χ0n) is 12.0. The van der Waals surface area contributed by atoms with Gasteiger partial charge in [-0.15, -0.1) is 5.06 Å². The van der Waals surface area contributed by atoms with Gasteiger partial charge in [-0.05, 0) is 37.1 Å². The van der Waals surface area contributed by atoms with E-state index >= 15 is 0 Å². The summed E-state index contributed by atoms with van der Waals surface area (Å²) in [6.07, 6.45) is 5.66. The van der Waals surface area contributed by atoms with Gasteiger partial charge in [-0.3, -0.25) is 9.59 Å². The van der Waals surface area contributed by atoms with Gasteiger partial charge in [0.15, 0.2) is 0 Å². The Morgan fingerprint density at radius 3 is 2.09 bits per heavy atom. The molecule has 1 fully saturated rings. The lowest BCUT2D eigenvalue weighted by Gasteiger charge is -2.24. The molecular weight excluding hydrogens is 284 g/mol. The van der Waals surface area contributed by atoms with Crippen molar-refractivity contribution in [1.82, 2.24) is 5.06 Å². The normalized spacial score (nSPS) is 18.8. The first-order valence-electron chi connectivity index (χ1n) is 7.28. The number of piperidine rings is 1. The summed E-state index contributed by atoms with van der Waals surface area (Å²) in [5, 5.41) is 1.68. The number of imide groups is 1. The summed E-state index contributed by atoms with van der Waals surface area (Å²) in [5.41, 5.74) is 0.830. The molecule has 6 nitrogen and oxygen atoms in total. The fourth-order valence-corrected chi connectivity index (χ4v) is 2.53. The molecule has 0 atom stereocenters. The van der Waals surface area contributed by atoms with Crippen LogP contribution in [0.15, 0.2) is 36.4 Å². The van der Waals surface area contributed by atoms with Crippen LogP contribution in [-0.2, 0) is 14.4 Å². The number of carbonyl (C=O) groups excluding carboxylic acids is 3. The molecule has 1 saturated heterocycles. The average Bonchev–Trinajstić information content (AvgIpc) is 2.87. The standard InChI is InChI=1S/C16H16N2O4/c19-14-8-9-15(20)18(14)13-6-4-12(5-7-13)16(21)22-17-10-2-1-3-11-17/h4-9H,1-3,10-11H2. The lowest BCUT2D eigenvalue weighted by molar-refractivity contribution is -0.120. The second kappa shape index (κ2) is 6.11. The molecule has 2 aliphatic rings. The van der Waals surface area contributed by atoms with Gasteiger partial charge in [-0.2, -0.15) is 0 Å². The Morgan fingerprint density at radius 2 is 1.50 bits per heavy atom. The number of hydroxylamine groups is 2. The zero-order chi connectivity index (χ0) is 15.5. The van der Waals surface area contributed by atoms with E-state index in [0.717, 1.165) is 37.3 Å². The lowest BCUT2D eigenvalue weighted by atomic mass is 10.2. The van der Waals surface area contributed by atoms with E-state index in [0.29, 0.717) is 11.3 Å². The first-order valence-corrected chi connectivity index (χ1v) is 7.28. The maximum atomic E-state index is 12.1. The van der Waals surface area contributed by atoms with Crippen LogP contribution < -0.4 is 4.90 Å². The Hall–Kier alpha value is -2.47. The average molecular weight is 300 g/mol. The van der Waals surface area contributed by atoms with Crippen molar-refractivity contribution in [3.05, 3.63) is 42.0 Å². The third kappa shape index (κ3) is 2.92. The van der Waals surface area contributed by atoms with Gasteiger partial charge in [0.1, 0.15) is 0 Å². The molecule has 0 bridgehead atoms. The van der Waals surface area contributed by atoms with Crippen LogP contribution in [0.25, 0.3) is 0 Å². The van der Waals surface area contributed by atoms with Crippen LogP contribution >= 0.6 is 0 Å². The third-order valence-electron chi connectivity index (χ3n) is 3.70. The first-order chi connectivity index (χ1) is 10.6. The molecule has 2 amide bonds. The summed E-state index contributed by atoms with van der Waals surface area (Å²) in [6.45, 7) is 1.51. The van der Waals surface area contributed by atoms with E-state index in [4.69, 9.17) is 4.84 Å². The van der Waals surface area contributed by atoms with Crippen LogP contribution in [0.5, 0.6) is 0 Å². The van der Waals surface area contributed by atoms with Gasteiger partial charge in [0.05, 0.1) is 11.3 Å². The monoisotopic (exact) mass is 300 g/mol. The molecule has 0 radical (unpaired) electrons. The van der Waals surface area contributed by atoms with Crippen molar-refractivity contribution in [2.45, 2.75) is 19.3 Å². The molecule has 2 heterocycles. The fourth-order valence-electron chi connectivity index (χ4n) is 2.53. The van der Waals surface area contributed by atoms with Crippen molar-refractivity contribution in [2.24, 2.45) is 0 Å². The highest BCUT2D eigenvalue weighted by Crippen LogP contribution is 2.20. The van der Waals surface area contributed by atoms with Crippen LogP contribution in [0.3, 0.4) is 0 Å². The SMILES string of the molecule is O=C(ON1CCCCC1)c1ccc(N2C(=O)C=CC2=O)cc1. The molecule has 0 N–H and O–H groups in total. The number of hydrogen-bond donors (Lipinski definition) is 0. The number of carbonyl (C=O) groups is 3. The second-order valence-corrected chi connectivity index (χ2v) is 5.26. The predicted octanol–water partition coefficient (Wildman–Crippen LogP) is 1.67. The van der Waals surface area contributed by atoms with Crippen LogP contribution in [-0.4, -0.2) is 35.9 Å². The van der Waals surface area contributed by atoms with Crippen molar-refractivity contribution in [2.75, 3.05) is 18.0 Å². The van der Waals surface area contributed by atoms with Crippen molar-refractivity contribution in [3.8, 4) is 0 Å². The minimum atomic E-state index is -0.425. The predicted molar refractivity (Wildman–Crippen MR) is 78.9 cm³/mol. The highest BCUT2D eigenvalue weighted by molar-refractivity contribution is 6.28. The van der Waals surface area contributed by atoms with Gasteiger partial charge in [-0.25, -0.2) is 9.69 Å². The summed E-state index contributed by atoms with van der Waals surface area (Å²) in [7, 11) is 0. The number of anilines is 1. The molecule has 2 aliphatic heterocycles. The molecule has 22 heavy (non-hydrogen) atoms. The Kier molecular flexibility index (Phi) is 4.02. The Balaban J connectivity index is 1.67. The number of amides is 2. The second-order valence-electron chi connectivity index (χ2n) is 5.26. The lowest BCUT2D eigenvalue weighted by Crippen LogP contribution is -2.32. The van der Waals surface area contributed by atoms with E-state index in [1.54, 1.807) is 29.3 Å².